The maximum absolute atomic E-state index is 12.9. The molecule has 0 radical (unpaired) electrons. The van der Waals surface area contributed by atoms with E-state index in [9.17, 15) is 4.79 Å². The third kappa shape index (κ3) is 3.29. The van der Waals surface area contributed by atoms with Gasteiger partial charge in [0.1, 0.15) is 11.6 Å². The minimum Gasteiger partial charge on any atom is -0.469 e. The van der Waals surface area contributed by atoms with Crippen molar-refractivity contribution in [3.63, 3.8) is 0 Å². The summed E-state index contributed by atoms with van der Waals surface area (Å²) < 4.78 is 13.3. The summed E-state index contributed by atoms with van der Waals surface area (Å²) in [5, 5.41) is 0. The Balaban J connectivity index is 1.47. The predicted molar refractivity (Wildman–Crippen MR) is 95.7 cm³/mol. The Morgan fingerprint density at radius 3 is 2.96 bits per heavy atom. The van der Waals surface area contributed by atoms with Gasteiger partial charge in [-0.1, -0.05) is 0 Å². The minimum absolute atomic E-state index is 0.00500. The van der Waals surface area contributed by atoms with Crippen molar-refractivity contribution in [2.75, 3.05) is 39.4 Å². The van der Waals surface area contributed by atoms with Crippen LogP contribution in [0.5, 0.6) is 0 Å². The second-order valence-corrected chi connectivity index (χ2v) is 7.58. The van der Waals surface area contributed by atoms with Crippen LogP contribution in [0.1, 0.15) is 28.4 Å². The fourth-order valence-electron chi connectivity index (χ4n) is 4.10. The van der Waals surface area contributed by atoms with E-state index in [-0.39, 0.29) is 11.3 Å². The van der Waals surface area contributed by atoms with E-state index < -0.39 is 0 Å². The fourth-order valence-corrected chi connectivity index (χ4v) is 4.10. The van der Waals surface area contributed by atoms with E-state index in [1.165, 1.54) is 0 Å². The van der Waals surface area contributed by atoms with Crippen LogP contribution in [0.25, 0.3) is 0 Å². The summed E-state index contributed by atoms with van der Waals surface area (Å²) >= 11 is 0. The Hall–Kier alpha value is -2.12. The van der Waals surface area contributed by atoms with Crippen molar-refractivity contribution < 1.29 is 13.9 Å². The van der Waals surface area contributed by atoms with Gasteiger partial charge < -0.3 is 18.6 Å². The van der Waals surface area contributed by atoms with Gasteiger partial charge in [-0.25, -0.2) is 4.98 Å². The highest BCUT2D eigenvalue weighted by molar-refractivity contribution is 5.95. The van der Waals surface area contributed by atoms with Gasteiger partial charge in [-0.05, 0) is 26.0 Å². The van der Waals surface area contributed by atoms with Gasteiger partial charge in [0.2, 0.25) is 0 Å². The molecule has 7 heteroatoms. The molecule has 0 aromatic carbocycles. The highest BCUT2D eigenvalue weighted by atomic mass is 16.5. The van der Waals surface area contributed by atoms with Crippen molar-refractivity contribution in [2.45, 2.75) is 19.9 Å². The standard InChI is InChI=1S/C19H26N4O3/c1-15-16(3-9-26-15)18(24)23-8-10-25-14-19(13-23)4-6-22(12-19)11-17-20-5-7-21(17)2/h3,5,7,9H,4,6,8,10-14H2,1-2H3/t19-/m0/s1. The summed E-state index contributed by atoms with van der Waals surface area (Å²) in [7, 11) is 2.02. The molecule has 0 unspecified atom stereocenters. The summed E-state index contributed by atoms with van der Waals surface area (Å²) in [5.74, 6) is 1.79. The van der Waals surface area contributed by atoms with Crippen molar-refractivity contribution in [3.8, 4) is 0 Å². The molecule has 0 saturated carbocycles. The molecule has 4 rings (SSSR count). The maximum Gasteiger partial charge on any atom is 0.257 e. The number of rotatable bonds is 3. The third-order valence-electron chi connectivity index (χ3n) is 5.62. The zero-order valence-corrected chi connectivity index (χ0v) is 15.5. The number of aromatic nitrogens is 2. The van der Waals surface area contributed by atoms with E-state index in [4.69, 9.17) is 9.15 Å². The number of aryl methyl sites for hydroxylation is 2. The van der Waals surface area contributed by atoms with E-state index in [0.29, 0.717) is 31.1 Å². The van der Waals surface area contributed by atoms with E-state index >= 15 is 0 Å². The SMILES string of the molecule is Cc1occc1C(=O)N1CCOC[C@]2(CCN(Cc3nccn3C)C2)C1. The molecule has 2 aliphatic rings. The van der Waals surface area contributed by atoms with Crippen molar-refractivity contribution in [1.82, 2.24) is 19.4 Å². The topological polar surface area (TPSA) is 63.7 Å². The first kappa shape index (κ1) is 17.3. The van der Waals surface area contributed by atoms with Gasteiger partial charge in [0, 0.05) is 44.5 Å². The maximum atomic E-state index is 12.9. The molecule has 2 aliphatic heterocycles. The van der Waals surface area contributed by atoms with Crippen LogP contribution in [0.3, 0.4) is 0 Å². The number of carbonyl (C=O) groups excluding carboxylic acids is 1. The Bertz CT molecular complexity index is 783. The first-order chi connectivity index (χ1) is 12.6. The monoisotopic (exact) mass is 358 g/mol. The number of amides is 1. The minimum atomic E-state index is -0.00500. The predicted octanol–water partition coefficient (Wildman–Crippen LogP) is 1.69. The van der Waals surface area contributed by atoms with Crippen LogP contribution in [0.4, 0.5) is 0 Å². The van der Waals surface area contributed by atoms with Gasteiger partial charge in [0.15, 0.2) is 0 Å². The second-order valence-electron chi connectivity index (χ2n) is 7.58. The van der Waals surface area contributed by atoms with Crippen LogP contribution >= 0.6 is 0 Å². The van der Waals surface area contributed by atoms with E-state index in [0.717, 1.165) is 38.4 Å². The zero-order valence-electron chi connectivity index (χ0n) is 15.5. The van der Waals surface area contributed by atoms with Gasteiger partial charge >= 0.3 is 0 Å². The van der Waals surface area contributed by atoms with Crippen LogP contribution < -0.4 is 0 Å². The van der Waals surface area contributed by atoms with Crippen molar-refractivity contribution in [3.05, 3.63) is 41.9 Å². The Kier molecular flexibility index (Phi) is 4.58. The number of hydrogen-bond acceptors (Lipinski definition) is 5. The molecule has 2 aromatic rings. The number of nitrogens with zero attached hydrogens (tertiary/aromatic N) is 4. The van der Waals surface area contributed by atoms with Crippen LogP contribution in [0, 0.1) is 12.3 Å². The smallest absolute Gasteiger partial charge is 0.257 e. The van der Waals surface area contributed by atoms with Gasteiger partial charge in [0.25, 0.3) is 5.91 Å². The molecule has 2 fully saturated rings. The number of carbonyl (C=O) groups is 1. The average Bonchev–Trinajstić information content (AvgIpc) is 3.28. The van der Waals surface area contributed by atoms with Gasteiger partial charge in [-0.2, -0.15) is 0 Å². The molecular formula is C19H26N4O3. The Morgan fingerprint density at radius 1 is 1.35 bits per heavy atom. The molecule has 2 aromatic heterocycles. The molecule has 0 bridgehead atoms. The normalized spacial score (nSPS) is 24.3. The average molecular weight is 358 g/mol. The largest absolute Gasteiger partial charge is 0.469 e. The molecule has 2 saturated heterocycles. The molecule has 7 nitrogen and oxygen atoms in total. The molecule has 1 spiro atoms. The van der Waals surface area contributed by atoms with Crippen LogP contribution in [0.2, 0.25) is 0 Å². The molecule has 26 heavy (non-hydrogen) atoms. The Morgan fingerprint density at radius 2 is 2.23 bits per heavy atom. The van der Waals surface area contributed by atoms with E-state index in [1.54, 1.807) is 12.3 Å². The summed E-state index contributed by atoms with van der Waals surface area (Å²) in [4.78, 5) is 21.7. The molecule has 1 atom stereocenters. The molecule has 1 amide bonds. The fraction of sp³-hybridized carbons (Fsp3) is 0.579. The number of ether oxygens (including phenoxy) is 1. The third-order valence-corrected chi connectivity index (χ3v) is 5.62. The second kappa shape index (κ2) is 6.89. The van der Waals surface area contributed by atoms with Crippen LogP contribution in [-0.4, -0.2) is 64.7 Å². The number of likely N-dealkylation sites (tertiary alicyclic amines) is 1. The van der Waals surface area contributed by atoms with Gasteiger partial charge in [-0.15, -0.1) is 0 Å². The number of furan rings is 1. The first-order valence-electron chi connectivity index (χ1n) is 9.16. The molecule has 140 valence electrons. The number of hydrogen-bond donors (Lipinski definition) is 0. The lowest BCUT2D eigenvalue weighted by Crippen LogP contribution is -2.43. The Labute approximate surface area is 153 Å². The molecule has 4 heterocycles. The van der Waals surface area contributed by atoms with Crippen molar-refractivity contribution in [2.24, 2.45) is 12.5 Å². The van der Waals surface area contributed by atoms with Crippen molar-refractivity contribution >= 4 is 5.91 Å². The lowest BCUT2D eigenvalue weighted by Gasteiger charge is -2.32. The highest BCUT2D eigenvalue weighted by Gasteiger charge is 2.42. The van der Waals surface area contributed by atoms with Gasteiger partial charge in [0.05, 0.1) is 31.6 Å². The van der Waals surface area contributed by atoms with Crippen molar-refractivity contribution in [1.29, 1.82) is 0 Å². The number of imidazole rings is 1. The summed E-state index contributed by atoms with van der Waals surface area (Å²) in [6.07, 6.45) is 6.43. The molecular weight excluding hydrogens is 332 g/mol. The highest BCUT2D eigenvalue weighted by Crippen LogP contribution is 2.34. The summed E-state index contributed by atoms with van der Waals surface area (Å²) in [5.41, 5.74) is 0.652. The first-order valence-corrected chi connectivity index (χ1v) is 9.16. The lowest BCUT2D eigenvalue weighted by molar-refractivity contribution is 0.0641. The summed E-state index contributed by atoms with van der Waals surface area (Å²) in [6.45, 7) is 7.25. The zero-order chi connectivity index (χ0) is 18.1. The van der Waals surface area contributed by atoms with Gasteiger partial charge in [-0.3, -0.25) is 9.69 Å². The van der Waals surface area contributed by atoms with E-state index in [1.807, 2.05) is 31.3 Å². The van der Waals surface area contributed by atoms with Crippen LogP contribution in [0.15, 0.2) is 29.1 Å². The van der Waals surface area contributed by atoms with E-state index in [2.05, 4.69) is 14.5 Å². The van der Waals surface area contributed by atoms with Crippen LogP contribution in [-0.2, 0) is 18.3 Å². The summed E-state index contributed by atoms with van der Waals surface area (Å²) in [6, 6.07) is 1.76. The molecule has 0 N–H and O–H groups in total. The lowest BCUT2D eigenvalue weighted by atomic mass is 9.87. The molecule has 0 aliphatic carbocycles. The quantitative estimate of drug-likeness (QED) is 0.835.